The second-order valence-electron chi connectivity index (χ2n) is 6.74. The Labute approximate surface area is 172 Å². The van der Waals surface area contributed by atoms with Crippen molar-refractivity contribution in [2.75, 3.05) is 31.0 Å². The van der Waals surface area contributed by atoms with Gasteiger partial charge in [0, 0.05) is 31.4 Å². The molecular formula is C23H28N4O2. The van der Waals surface area contributed by atoms with Gasteiger partial charge >= 0.3 is 0 Å². The number of benzene rings is 2. The largest absolute Gasteiger partial charge is 0.493 e. The Hall–Kier alpha value is -3.28. The minimum Gasteiger partial charge on any atom is -0.493 e. The average molecular weight is 393 g/mol. The van der Waals surface area contributed by atoms with Crippen LogP contribution < -0.4 is 19.7 Å². The fraction of sp³-hybridized carbons (Fsp3) is 0.304. The highest BCUT2D eigenvalue weighted by Crippen LogP contribution is 2.28. The second kappa shape index (κ2) is 9.78. The van der Waals surface area contributed by atoms with Crippen LogP contribution in [-0.2, 0) is 13.1 Å². The van der Waals surface area contributed by atoms with E-state index in [0.29, 0.717) is 12.3 Å². The maximum absolute atomic E-state index is 5.38. The molecule has 6 nitrogen and oxygen atoms in total. The first-order valence-corrected chi connectivity index (χ1v) is 9.72. The van der Waals surface area contributed by atoms with E-state index in [1.165, 1.54) is 5.56 Å². The van der Waals surface area contributed by atoms with Crippen molar-refractivity contribution in [3.63, 3.8) is 0 Å². The molecule has 0 radical (unpaired) electrons. The van der Waals surface area contributed by atoms with Gasteiger partial charge in [-0.3, -0.25) is 0 Å². The Morgan fingerprint density at radius 3 is 2.34 bits per heavy atom. The first-order chi connectivity index (χ1) is 14.1. The molecule has 0 fully saturated rings. The lowest BCUT2D eigenvalue weighted by Gasteiger charge is -2.22. The third-order valence-electron chi connectivity index (χ3n) is 4.64. The van der Waals surface area contributed by atoms with Gasteiger partial charge in [0.05, 0.1) is 14.2 Å². The summed E-state index contributed by atoms with van der Waals surface area (Å²) in [7, 11) is 3.27. The van der Waals surface area contributed by atoms with E-state index >= 15 is 0 Å². The van der Waals surface area contributed by atoms with Gasteiger partial charge in [-0.2, -0.15) is 4.98 Å². The normalized spacial score (nSPS) is 10.5. The topological polar surface area (TPSA) is 59.5 Å². The molecular weight excluding hydrogens is 364 g/mol. The van der Waals surface area contributed by atoms with E-state index in [1.807, 2.05) is 37.3 Å². The Bertz CT molecular complexity index is 931. The number of methoxy groups -OCH3 is 2. The van der Waals surface area contributed by atoms with Crippen molar-refractivity contribution in [1.82, 2.24) is 9.97 Å². The maximum atomic E-state index is 5.38. The summed E-state index contributed by atoms with van der Waals surface area (Å²) in [6.07, 6.45) is 0. The third-order valence-corrected chi connectivity index (χ3v) is 4.64. The van der Waals surface area contributed by atoms with Crippen molar-refractivity contribution in [2.45, 2.75) is 26.9 Å². The fourth-order valence-corrected chi connectivity index (χ4v) is 3.10. The van der Waals surface area contributed by atoms with Crippen LogP contribution in [0.1, 0.15) is 23.7 Å². The highest BCUT2D eigenvalue weighted by atomic mass is 16.5. The van der Waals surface area contributed by atoms with Crippen LogP contribution in [0, 0.1) is 6.92 Å². The fourth-order valence-electron chi connectivity index (χ4n) is 3.10. The van der Waals surface area contributed by atoms with E-state index in [0.717, 1.165) is 41.9 Å². The Morgan fingerprint density at radius 1 is 0.897 bits per heavy atom. The summed E-state index contributed by atoms with van der Waals surface area (Å²) >= 11 is 0. The molecule has 3 rings (SSSR count). The number of ether oxygens (including phenoxy) is 2. The Kier molecular flexibility index (Phi) is 6.89. The zero-order valence-corrected chi connectivity index (χ0v) is 17.5. The van der Waals surface area contributed by atoms with Crippen molar-refractivity contribution in [3.05, 3.63) is 71.4 Å². The van der Waals surface area contributed by atoms with Crippen LogP contribution in [0.3, 0.4) is 0 Å². The summed E-state index contributed by atoms with van der Waals surface area (Å²) < 4.78 is 10.7. The number of rotatable bonds is 9. The summed E-state index contributed by atoms with van der Waals surface area (Å²) in [6, 6.07) is 18.2. The third kappa shape index (κ3) is 5.38. The minimum absolute atomic E-state index is 0.626. The molecule has 1 N–H and O–H groups in total. The molecule has 0 saturated heterocycles. The Morgan fingerprint density at radius 2 is 1.66 bits per heavy atom. The number of hydrogen-bond acceptors (Lipinski definition) is 6. The zero-order chi connectivity index (χ0) is 20.6. The molecule has 2 aromatic carbocycles. The summed E-state index contributed by atoms with van der Waals surface area (Å²) in [5.41, 5.74) is 3.24. The van der Waals surface area contributed by atoms with E-state index in [2.05, 4.69) is 46.4 Å². The second-order valence-corrected chi connectivity index (χ2v) is 6.74. The number of nitrogens with zero attached hydrogens (tertiary/aromatic N) is 3. The van der Waals surface area contributed by atoms with E-state index in [4.69, 9.17) is 14.5 Å². The molecule has 3 aromatic rings. The predicted molar refractivity (Wildman–Crippen MR) is 117 cm³/mol. The van der Waals surface area contributed by atoms with Gasteiger partial charge in [-0.25, -0.2) is 4.98 Å². The molecule has 0 aliphatic heterocycles. The van der Waals surface area contributed by atoms with Crippen LogP contribution in [0.25, 0.3) is 0 Å². The number of anilines is 2. The van der Waals surface area contributed by atoms with Crippen LogP contribution in [0.2, 0.25) is 0 Å². The maximum Gasteiger partial charge on any atom is 0.227 e. The number of nitrogens with one attached hydrogen (secondary N) is 1. The molecule has 0 aliphatic carbocycles. The standard InChI is InChI=1S/C23H28N4O2/c1-5-27(16-18-9-7-6-8-10-18)23-25-17(2)13-22(26-23)24-15-19-11-12-20(28-3)21(14-19)29-4/h6-14H,5,15-16H2,1-4H3,(H,24,25,26). The van der Waals surface area contributed by atoms with Gasteiger partial charge in [0.1, 0.15) is 5.82 Å². The van der Waals surface area contributed by atoms with Crippen molar-refractivity contribution in [1.29, 1.82) is 0 Å². The number of aryl methyl sites for hydroxylation is 1. The van der Waals surface area contributed by atoms with Crippen molar-refractivity contribution in [2.24, 2.45) is 0 Å². The van der Waals surface area contributed by atoms with Crippen molar-refractivity contribution < 1.29 is 9.47 Å². The van der Waals surface area contributed by atoms with Crippen LogP contribution >= 0.6 is 0 Å². The smallest absolute Gasteiger partial charge is 0.227 e. The van der Waals surface area contributed by atoms with Gasteiger partial charge in [0.2, 0.25) is 5.95 Å². The van der Waals surface area contributed by atoms with Gasteiger partial charge < -0.3 is 19.7 Å². The molecule has 1 heterocycles. The van der Waals surface area contributed by atoms with Crippen molar-refractivity contribution in [3.8, 4) is 11.5 Å². The quantitative estimate of drug-likeness (QED) is 0.581. The van der Waals surface area contributed by atoms with Gasteiger partial charge in [0.25, 0.3) is 0 Å². The highest BCUT2D eigenvalue weighted by Gasteiger charge is 2.11. The van der Waals surface area contributed by atoms with Crippen LogP contribution in [-0.4, -0.2) is 30.7 Å². The number of hydrogen-bond donors (Lipinski definition) is 1. The molecule has 0 amide bonds. The summed E-state index contributed by atoms with van der Waals surface area (Å²) in [4.78, 5) is 11.6. The van der Waals surface area contributed by atoms with Gasteiger partial charge in [-0.05, 0) is 37.1 Å². The summed E-state index contributed by atoms with van der Waals surface area (Å²) in [5.74, 6) is 2.96. The van der Waals surface area contributed by atoms with E-state index in [-0.39, 0.29) is 0 Å². The van der Waals surface area contributed by atoms with Crippen LogP contribution in [0.15, 0.2) is 54.6 Å². The van der Waals surface area contributed by atoms with Gasteiger partial charge in [-0.15, -0.1) is 0 Å². The van der Waals surface area contributed by atoms with E-state index in [1.54, 1.807) is 14.2 Å². The first-order valence-electron chi connectivity index (χ1n) is 9.72. The summed E-state index contributed by atoms with van der Waals surface area (Å²) in [5, 5.41) is 3.40. The lowest BCUT2D eigenvalue weighted by molar-refractivity contribution is 0.354. The molecule has 0 aliphatic rings. The first kappa shape index (κ1) is 20.5. The molecule has 1 aromatic heterocycles. The van der Waals surface area contributed by atoms with Gasteiger partial charge in [-0.1, -0.05) is 36.4 Å². The van der Waals surface area contributed by atoms with Crippen LogP contribution in [0.5, 0.6) is 11.5 Å². The molecule has 152 valence electrons. The average Bonchev–Trinajstić information content (AvgIpc) is 2.76. The summed E-state index contributed by atoms with van der Waals surface area (Å²) in [6.45, 7) is 6.33. The van der Waals surface area contributed by atoms with Crippen LogP contribution in [0.4, 0.5) is 11.8 Å². The predicted octanol–water partition coefficient (Wildman–Crippen LogP) is 4.44. The zero-order valence-electron chi connectivity index (χ0n) is 17.5. The van der Waals surface area contributed by atoms with Crippen molar-refractivity contribution >= 4 is 11.8 Å². The lowest BCUT2D eigenvalue weighted by Crippen LogP contribution is -2.24. The SMILES string of the molecule is CCN(Cc1ccccc1)c1nc(C)cc(NCc2ccc(OC)c(OC)c2)n1. The lowest BCUT2D eigenvalue weighted by atomic mass is 10.2. The molecule has 0 spiro atoms. The number of aromatic nitrogens is 2. The monoisotopic (exact) mass is 392 g/mol. The molecule has 0 bridgehead atoms. The van der Waals surface area contributed by atoms with E-state index in [9.17, 15) is 0 Å². The van der Waals surface area contributed by atoms with E-state index < -0.39 is 0 Å². The molecule has 6 heteroatoms. The van der Waals surface area contributed by atoms with Gasteiger partial charge in [0.15, 0.2) is 11.5 Å². The molecule has 0 unspecified atom stereocenters. The molecule has 29 heavy (non-hydrogen) atoms. The Balaban J connectivity index is 1.74. The highest BCUT2D eigenvalue weighted by molar-refractivity contribution is 5.47. The molecule has 0 atom stereocenters. The minimum atomic E-state index is 0.626. The molecule has 0 saturated carbocycles.